The molecule has 1 amide bonds. The predicted molar refractivity (Wildman–Crippen MR) is 95.9 cm³/mol. The van der Waals surface area contributed by atoms with Crippen molar-refractivity contribution in [1.29, 1.82) is 0 Å². The average Bonchev–Trinajstić information content (AvgIpc) is 3.03. The van der Waals surface area contributed by atoms with E-state index in [2.05, 4.69) is 33.8 Å². The van der Waals surface area contributed by atoms with E-state index in [0.29, 0.717) is 6.54 Å². The van der Waals surface area contributed by atoms with Gasteiger partial charge in [0.15, 0.2) is 0 Å². The smallest absolute Gasteiger partial charge is 0.238 e. The Morgan fingerprint density at radius 1 is 1.13 bits per heavy atom. The second-order valence-electron chi connectivity index (χ2n) is 5.90. The number of amides is 1. The van der Waals surface area contributed by atoms with Crippen molar-refractivity contribution in [2.24, 2.45) is 0 Å². The molecule has 1 N–H and O–H groups in total. The third-order valence-electron chi connectivity index (χ3n) is 4.32. The molecular weight excluding hydrogens is 304 g/mol. The number of nitrogens with zero attached hydrogens (tertiary/aromatic N) is 1. The Hall–Kier alpha value is -2.17. The molecule has 2 aromatic carbocycles. The summed E-state index contributed by atoms with van der Waals surface area (Å²) in [5.41, 5.74) is 2.26. The predicted octanol–water partition coefficient (Wildman–Crippen LogP) is 3.90. The van der Waals surface area contributed by atoms with Crippen molar-refractivity contribution in [3.63, 3.8) is 0 Å². The summed E-state index contributed by atoms with van der Waals surface area (Å²) in [6.07, 6.45) is 1.05. The van der Waals surface area contributed by atoms with Gasteiger partial charge in [-0.3, -0.25) is 9.69 Å². The summed E-state index contributed by atoms with van der Waals surface area (Å²) in [6.45, 7) is 2.27. The first kappa shape index (κ1) is 14.4. The Balaban J connectivity index is 1.46. The number of nitrogens with one attached hydrogen (secondary N) is 1. The van der Waals surface area contributed by atoms with Gasteiger partial charge in [-0.15, -0.1) is 11.3 Å². The summed E-state index contributed by atoms with van der Waals surface area (Å²) >= 11 is 1.82. The van der Waals surface area contributed by atoms with Crippen molar-refractivity contribution < 1.29 is 4.79 Å². The van der Waals surface area contributed by atoms with Gasteiger partial charge in [0.1, 0.15) is 0 Å². The summed E-state index contributed by atoms with van der Waals surface area (Å²) in [4.78, 5) is 16.1. The number of benzene rings is 2. The molecule has 3 nitrogen and oxygen atoms in total. The number of thiophene rings is 1. The molecular formula is C19H18N2OS. The van der Waals surface area contributed by atoms with E-state index in [9.17, 15) is 4.79 Å². The summed E-state index contributed by atoms with van der Waals surface area (Å²) < 4.78 is 0. The van der Waals surface area contributed by atoms with Gasteiger partial charge < -0.3 is 5.32 Å². The minimum absolute atomic E-state index is 0.0556. The lowest BCUT2D eigenvalue weighted by atomic mass is 10.1. The van der Waals surface area contributed by atoms with Crippen LogP contribution >= 0.6 is 11.3 Å². The van der Waals surface area contributed by atoms with Gasteiger partial charge in [0.2, 0.25) is 5.91 Å². The second kappa shape index (κ2) is 6.14. The highest BCUT2D eigenvalue weighted by Crippen LogP contribution is 2.25. The van der Waals surface area contributed by atoms with Crippen molar-refractivity contribution in [2.45, 2.75) is 13.0 Å². The van der Waals surface area contributed by atoms with Gasteiger partial charge in [-0.25, -0.2) is 0 Å². The Kier molecular flexibility index (Phi) is 3.85. The Labute approximate surface area is 139 Å². The maximum atomic E-state index is 12.4. The van der Waals surface area contributed by atoms with E-state index < -0.39 is 0 Å². The monoisotopic (exact) mass is 322 g/mol. The number of fused-ring (bicyclic) bond motifs is 2. The molecule has 1 aliphatic heterocycles. The lowest BCUT2D eigenvalue weighted by Crippen LogP contribution is -2.36. The Morgan fingerprint density at radius 3 is 2.96 bits per heavy atom. The van der Waals surface area contributed by atoms with E-state index in [1.807, 2.05) is 41.7 Å². The zero-order valence-corrected chi connectivity index (χ0v) is 13.6. The molecule has 2 heterocycles. The van der Waals surface area contributed by atoms with Crippen LogP contribution in [0.25, 0.3) is 10.8 Å². The van der Waals surface area contributed by atoms with Gasteiger partial charge in [-0.05, 0) is 34.9 Å². The molecule has 0 unspecified atom stereocenters. The van der Waals surface area contributed by atoms with Crippen LogP contribution in [-0.2, 0) is 17.8 Å². The molecule has 0 saturated heterocycles. The number of carbonyl (C=O) groups excluding carboxylic acids is 1. The van der Waals surface area contributed by atoms with Crippen molar-refractivity contribution in [2.75, 3.05) is 18.4 Å². The van der Waals surface area contributed by atoms with Crippen LogP contribution in [0.4, 0.5) is 5.69 Å². The van der Waals surface area contributed by atoms with Crippen LogP contribution in [0.5, 0.6) is 0 Å². The molecule has 116 valence electrons. The standard InChI is InChI=1S/C19H18N2OS/c22-19(13-21-10-8-18-15(12-21)9-11-23-18)20-17-7-3-5-14-4-1-2-6-16(14)17/h1-7,9,11H,8,10,12-13H2,(H,20,22). The fourth-order valence-corrected chi connectivity index (χ4v) is 4.06. The molecule has 0 spiro atoms. The van der Waals surface area contributed by atoms with Crippen LogP contribution < -0.4 is 5.32 Å². The van der Waals surface area contributed by atoms with Crippen LogP contribution in [0.2, 0.25) is 0 Å². The Bertz CT molecular complexity index is 850. The first-order valence-corrected chi connectivity index (χ1v) is 8.73. The first-order chi connectivity index (χ1) is 11.3. The van der Waals surface area contributed by atoms with Crippen LogP contribution in [0, 0.1) is 0 Å². The highest BCUT2D eigenvalue weighted by molar-refractivity contribution is 7.10. The summed E-state index contributed by atoms with van der Waals surface area (Å²) in [7, 11) is 0. The van der Waals surface area contributed by atoms with Gasteiger partial charge in [0.25, 0.3) is 0 Å². The van der Waals surface area contributed by atoms with E-state index in [1.165, 1.54) is 10.4 Å². The van der Waals surface area contributed by atoms with Crippen LogP contribution in [0.1, 0.15) is 10.4 Å². The average molecular weight is 322 g/mol. The number of carbonyl (C=O) groups is 1. The molecule has 0 bridgehead atoms. The molecule has 1 aromatic heterocycles. The first-order valence-electron chi connectivity index (χ1n) is 7.85. The molecule has 0 saturated carbocycles. The fraction of sp³-hybridized carbons (Fsp3) is 0.211. The van der Waals surface area contributed by atoms with Crippen molar-refractivity contribution >= 4 is 33.7 Å². The number of anilines is 1. The van der Waals surface area contributed by atoms with Crippen LogP contribution in [0.15, 0.2) is 53.9 Å². The van der Waals surface area contributed by atoms with Crippen molar-refractivity contribution in [3.05, 3.63) is 64.4 Å². The van der Waals surface area contributed by atoms with Crippen molar-refractivity contribution in [3.8, 4) is 0 Å². The molecule has 23 heavy (non-hydrogen) atoms. The summed E-state index contributed by atoms with van der Waals surface area (Å²) in [5.74, 6) is 0.0556. The molecule has 0 fully saturated rings. The molecule has 0 atom stereocenters. The SMILES string of the molecule is O=C(CN1CCc2sccc2C1)Nc1cccc2ccccc12. The number of rotatable bonds is 3. The van der Waals surface area contributed by atoms with Crippen molar-refractivity contribution in [1.82, 2.24) is 4.90 Å². The molecule has 4 rings (SSSR count). The largest absolute Gasteiger partial charge is 0.324 e. The maximum Gasteiger partial charge on any atom is 0.238 e. The Morgan fingerprint density at radius 2 is 2.00 bits per heavy atom. The zero-order valence-electron chi connectivity index (χ0n) is 12.8. The van der Waals surface area contributed by atoms with Gasteiger partial charge in [-0.2, -0.15) is 0 Å². The van der Waals surface area contributed by atoms with E-state index in [0.717, 1.165) is 36.0 Å². The fourth-order valence-electron chi connectivity index (χ4n) is 3.17. The van der Waals surface area contributed by atoms with Gasteiger partial charge in [0.05, 0.1) is 6.54 Å². The topological polar surface area (TPSA) is 32.3 Å². The van der Waals surface area contributed by atoms with E-state index in [4.69, 9.17) is 0 Å². The summed E-state index contributed by atoms with van der Waals surface area (Å²) in [5, 5.41) is 7.45. The minimum atomic E-state index is 0.0556. The lowest BCUT2D eigenvalue weighted by molar-refractivity contribution is -0.117. The van der Waals surface area contributed by atoms with Crippen LogP contribution in [-0.4, -0.2) is 23.9 Å². The highest BCUT2D eigenvalue weighted by atomic mass is 32.1. The zero-order chi connectivity index (χ0) is 15.6. The number of hydrogen-bond donors (Lipinski definition) is 1. The summed E-state index contributed by atoms with van der Waals surface area (Å²) in [6, 6.07) is 16.3. The maximum absolute atomic E-state index is 12.4. The third-order valence-corrected chi connectivity index (χ3v) is 5.34. The minimum Gasteiger partial charge on any atom is -0.324 e. The second-order valence-corrected chi connectivity index (χ2v) is 6.91. The number of hydrogen-bond acceptors (Lipinski definition) is 3. The van der Waals surface area contributed by atoms with E-state index >= 15 is 0 Å². The van der Waals surface area contributed by atoms with Gasteiger partial charge in [0, 0.05) is 29.0 Å². The van der Waals surface area contributed by atoms with E-state index in [-0.39, 0.29) is 5.91 Å². The molecule has 3 aromatic rings. The molecule has 0 aliphatic carbocycles. The van der Waals surface area contributed by atoms with Crippen LogP contribution in [0.3, 0.4) is 0 Å². The van der Waals surface area contributed by atoms with E-state index in [1.54, 1.807) is 0 Å². The quantitative estimate of drug-likeness (QED) is 0.793. The lowest BCUT2D eigenvalue weighted by Gasteiger charge is -2.26. The van der Waals surface area contributed by atoms with Gasteiger partial charge >= 0.3 is 0 Å². The highest BCUT2D eigenvalue weighted by Gasteiger charge is 2.19. The molecule has 4 heteroatoms. The van der Waals surface area contributed by atoms with Gasteiger partial charge in [-0.1, -0.05) is 36.4 Å². The molecule has 1 aliphatic rings. The molecule has 0 radical (unpaired) electrons. The normalized spacial score (nSPS) is 14.6. The third kappa shape index (κ3) is 3.00.